The summed E-state index contributed by atoms with van der Waals surface area (Å²) in [6.45, 7) is 0.870. The van der Waals surface area contributed by atoms with Crippen LogP contribution in [0.15, 0.2) is 18.2 Å². The molecule has 0 saturated carbocycles. The Morgan fingerprint density at radius 2 is 2.25 bits per heavy atom. The number of alkyl halides is 2. The first kappa shape index (κ1) is 12.4. The average molecular weight is 230 g/mol. The first-order chi connectivity index (χ1) is 7.38. The van der Waals surface area contributed by atoms with Crippen LogP contribution in [-0.2, 0) is 0 Å². The van der Waals surface area contributed by atoms with E-state index in [1.807, 2.05) is 0 Å². The molecule has 0 fully saturated rings. The zero-order chi connectivity index (χ0) is 12.2. The van der Waals surface area contributed by atoms with Crippen molar-refractivity contribution in [3.8, 4) is 0 Å². The molecule has 0 atom stereocenters. The lowest BCUT2D eigenvalue weighted by Crippen LogP contribution is -2.16. The third-order valence-electron chi connectivity index (χ3n) is 1.84. The van der Waals surface area contributed by atoms with Gasteiger partial charge in [-0.2, -0.15) is 0 Å². The van der Waals surface area contributed by atoms with E-state index in [1.165, 1.54) is 18.2 Å². The molecule has 1 aromatic heterocycles. The van der Waals surface area contributed by atoms with E-state index in [0.29, 0.717) is 0 Å². The van der Waals surface area contributed by atoms with Crippen LogP contribution >= 0.6 is 0 Å². The molecule has 1 heterocycles. The molecule has 16 heavy (non-hydrogen) atoms. The van der Waals surface area contributed by atoms with Crippen LogP contribution in [-0.4, -0.2) is 28.5 Å². The van der Waals surface area contributed by atoms with Gasteiger partial charge >= 0.3 is 5.97 Å². The minimum absolute atomic E-state index is 0.0412. The number of rotatable bonds is 5. The number of pyridine rings is 1. The quantitative estimate of drug-likeness (QED) is 0.814. The Morgan fingerprint density at radius 1 is 1.56 bits per heavy atom. The molecule has 0 saturated heterocycles. The lowest BCUT2D eigenvalue weighted by molar-refractivity contribution is 0.0166. The van der Waals surface area contributed by atoms with Crippen LogP contribution in [0.1, 0.15) is 23.8 Å². The lowest BCUT2D eigenvalue weighted by atomic mass is 10.2. The maximum Gasteiger partial charge on any atom is 0.354 e. The Kier molecular flexibility index (Phi) is 3.76. The van der Waals surface area contributed by atoms with Crippen molar-refractivity contribution in [1.29, 1.82) is 0 Å². The monoisotopic (exact) mass is 230 g/mol. The van der Waals surface area contributed by atoms with Crippen molar-refractivity contribution in [3.63, 3.8) is 0 Å². The first-order valence-electron chi connectivity index (χ1n) is 4.70. The van der Waals surface area contributed by atoms with Gasteiger partial charge in [-0.1, -0.05) is 6.07 Å². The second-order valence-electron chi connectivity index (χ2n) is 3.46. The summed E-state index contributed by atoms with van der Waals surface area (Å²) in [5.41, 5.74) is -0.117. The Bertz CT molecular complexity index is 377. The average Bonchev–Trinajstić information content (AvgIpc) is 2.16. The maximum atomic E-state index is 12.5. The van der Waals surface area contributed by atoms with Gasteiger partial charge in [0.25, 0.3) is 0 Å². The van der Waals surface area contributed by atoms with E-state index in [9.17, 15) is 13.6 Å². The summed E-state index contributed by atoms with van der Waals surface area (Å²) in [6, 6.07) is 4.37. The number of hydrogen-bond donors (Lipinski definition) is 2. The Labute approximate surface area is 91.3 Å². The molecular formula is C10H12F2N2O2. The largest absolute Gasteiger partial charge is 0.477 e. The molecule has 6 heteroatoms. The highest BCUT2D eigenvalue weighted by Crippen LogP contribution is 2.16. The number of aromatic carboxylic acids is 1. The highest BCUT2D eigenvalue weighted by atomic mass is 19.3. The smallest absolute Gasteiger partial charge is 0.354 e. The van der Waals surface area contributed by atoms with Crippen LogP contribution in [0.5, 0.6) is 0 Å². The summed E-state index contributed by atoms with van der Waals surface area (Å²) in [6.07, 6.45) is -0.327. The van der Waals surface area contributed by atoms with Gasteiger partial charge in [0.15, 0.2) is 5.69 Å². The Hall–Kier alpha value is -1.72. The number of nitrogens with zero attached hydrogens (tertiary/aromatic N) is 1. The van der Waals surface area contributed by atoms with Gasteiger partial charge in [0.1, 0.15) is 5.82 Å². The molecule has 4 nitrogen and oxygen atoms in total. The number of hydrogen-bond acceptors (Lipinski definition) is 3. The topological polar surface area (TPSA) is 62.2 Å². The highest BCUT2D eigenvalue weighted by Gasteiger charge is 2.19. The zero-order valence-corrected chi connectivity index (χ0v) is 8.70. The molecule has 1 rings (SSSR count). The second kappa shape index (κ2) is 4.87. The van der Waals surface area contributed by atoms with Crippen LogP contribution in [0.25, 0.3) is 0 Å². The summed E-state index contributed by atoms with van der Waals surface area (Å²) >= 11 is 0. The van der Waals surface area contributed by atoms with Gasteiger partial charge in [0.05, 0.1) is 0 Å². The normalized spacial score (nSPS) is 11.2. The Morgan fingerprint density at radius 3 is 2.81 bits per heavy atom. The van der Waals surface area contributed by atoms with Crippen molar-refractivity contribution in [2.75, 3.05) is 11.9 Å². The second-order valence-corrected chi connectivity index (χ2v) is 3.46. The molecule has 0 aliphatic heterocycles. The van der Waals surface area contributed by atoms with Gasteiger partial charge in [-0.3, -0.25) is 0 Å². The predicted molar refractivity (Wildman–Crippen MR) is 54.9 cm³/mol. The van der Waals surface area contributed by atoms with E-state index in [1.54, 1.807) is 0 Å². The molecule has 0 aliphatic rings. The third kappa shape index (κ3) is 4.20. The number of carboxylic acids is 1. The molecule has 0 aromatic carbocycles. The van der Waals surface area contributed by atoms with Crippen molar-refractivity contribution in [3.05, 3.63) is 23.9 Å². The van der Waals surface area contributed by atoms with E-state index in [2.05, 4.69) is 10.3 Å². The molecule has 2 N–H and O–H groups in total. The number of anilines is 1. The van der Waals surface area contributed by atoms with E-state index in [4.69, 9.17) is 5.11 Å². The minimum atomic E-state index is -2.74. The molecule has 88 valence electrons. The number of carbonyl (C=O) groups is 1. The van der Waals surface area contributed by atoms with Crippen LogP contribution in [0.3, 0.4) is 0 Å². The zero-order valence-electron chi connectivity index (χ0n) is 8.70. The van der Waals surface area contributed by atoms with Gasteiger partial charge in [-0.05, 0) is 19.1 Å². The van der Waals surface area contributed by atoms with E-state index in [-0.39, 0.29) is 24.5 Å². The summed E-state index contributed by atoms with van der Waals surface area (Å²) in [4.78, 5) is 14.3. The molecule has 0 unspecified atom stereocenters. The summed E-state index contributed by atoms with van der Waals surface area (Å²) in [5.74, 6) is -3.61. The highest BCUT2D eigenvalue weighted by molar-refractivity contribution is 5.85. The van der Waals surface area contributed by atoms with Crippen molar-refractivity contribution >= 4 is 11.8 Å². The molecule has 0 bridgehead atoms. The van der Waals surface area contributed by atoms with Crippen LogP contribution in [0, 0.1) is 0 Å². The lowest BCUT2D eigenvalue weighted by Gasteiger charge is -2.11. The molecular weight excluding hydrogens is 218 g/mol. The van der Waals surface area contributed by atoms with Crippen molar-refractivity contribution in [1.82, 2.24) is 4.98 Å². The molecule has 0 radical (unpaired) electrons. The van der Waals surface area contributed by atoms with E-state index < -0.39 is 11.9 Å². The van der Waals surface area contributed by atoms with Crippen molar-refractivity contribution < 1.29 is 18.7 Å². The SMILES string of the molecule is CC(F)(F)CCNc1cccc(C(=O)O)n1. The van der Waals surface area contributed by atoms with Gasteiger partial charge < -0.3 is 10.4 Å². The number of halogens is 2. The number of aromatic nitrogens is 1. The van der Waals surface area contributed by atoms with Gasteiger partial charge in [-0.15, -0.1) is 0 Å². The summed E-state index contributed by atoms with van der Waals surface area (Å²) in [7, 11) is 0. The fourth-order valence-corrected chi connectivity index (χ4v) is 1.06. The first-order valence-corrected chi connectivity index (χ1v) is 4.70. The van der Waals surface area contributed by atoms with Crippen LogP contribution in [0.2, 0.25) is 0 Å². The van der Waals surface area contributed by atoms with E-state index in [0.717, 1.165) is 6.92 Å². The fourth-order valence-electron chi connectivity index (χ4n) is 1.06. The molecule has 0 aliphatic carbocycles. The summed E-state index contributed by atoms with van der Waals surface area (Å²) in [5, 5.41) is 11.3. The van der Waals surface area contributed by atoms with Gasteiger partial charge in [0, 0.05) is 13.0 Å². The van der Waals surface area contributed by atoms with Crippen LogP contribution < -0.4 is 5.32 Å². The number of nitrogens with one attached hydrogen (secondary N) is 1. The molecule has 1 aromatic rings. The summed E-state index contributed by atoms with van der Waals surface area (Å²) < 4.78 is 25.0. The van der Waals surface area contributed by atoms with Crippen molar-refractivity contribution in [2.45, 2.75) is 19.3 Å². The van der Waals surface area contributed by atoms with Crippen molar-refractivity contribution in [2.24, 2.45) is 0 Å². The van der Waals surface area contributed by atoms with E-state index >= 15 is 0 Å². The Balaban J connectivity index is 2.55. The predicted octanol–water partition coefficient (Wildman–Crippen LogP) is 2.24. The van der Waals surface area contributed by atoms with Crippen LogP contribution in [0.4, 0.5) is 14.6 Å². The maximum absolute atomic E-state index is 12.5. The van der Waals surface area contributed by atoms with Gasteiger partial charge in [-0.25, -0.2) is 18.6 Å². The number of carboxylic acid groups (broad SMARTS) is 1. The third-order valence-corrected chi connectivity index (χ3v) is 1.84. The molecule has 0 spiro atoms. The standard InChI is InChI=1S/C10H12F2N2O2/c1-10(11,12)5-6-13-8-4-2-3-7(14-8)9(15)16/h2-4H,5-6H2,1H3,(H,13,14)(H,15,16). The fraction of sp³-hybridized carbons (Fsp3) is 0.400. The molecule has 0 amide bonds. The van der Waals surface area contributed by atoms with Gasteiger partial charge in [0.2, 0.25) is 5.92 Å². The minimum Gasteiger partial charge on any atom is -0.477 e.